The summed E-state index contributed by atoms with van der Waals surface area (Å²) in [6.45, 7) is -0.422. The average molecular weight is 386 g/mol. The van der Waals surface area contributed by atoms with E-state index in [-0.39, 0.29) is 15.3 Å². The summed E-state index contributed by atoms with van der Waals surface area (Å²) in [6.07, 6.45) is -9.96. The smallest absolute Gasteiger partial charge is 0.405 e. The number of nitrogens with zero attached hydrogens (tertiary/aromatic N) is 1. The topological polar surface area (TPSA) is 48.1 Å². The molecule has 0 spiro atoms. The minimum absolute atomic E-state index is 0.178. The molecule has 0 saturated carbocycles. The third kappa shape index (κ3) is 3.86. The highest BCUT2D eigenvalue weighted by molar-refractivity contribution is 14.1. The van der Waals surface area contributed by atoms with E-state index < -0.39 is 30.5 Å². The number of nitrogens with two attached hydrogens (primary N) is 1. The highest BCUT2D eigenvalue weighted by atomic mass is 127. The largest absolute Gasteiger partial charge is 0.573 e. The van der Waals surface area contributed by atoms with Gasteiger partial charge in [0, 0.05) is 18.2 Å². The number of ether oxygens (including phenoxy) is 1. The van der Waals surface area contributed by atoms with Crippen molar-refractivity contribution in [2.75, 3.05) is 0 Å². The SMILES string of the molecule is NCc1c(OC(F)(F)F)cc(C(F)(F)F)nc1I. The lowest BCUT2D eigenvalue weighted by atomic mass is 10.2. The van der Waals surface area contributed by atoms with Crippen LogP contribution in [0.15, 0.2) is 6.07 Å². The summed E-state index contributed by atoms with van der Waals surface area (Å²) in [4.78, 5) is 3.14. The Hall–Kier alpha value is -0.780. The van der Waals surface area contributed by atoms with Gasteiger partial charge in [-0.1, -0.05) is 0 Å². The molecule has 1 rings (SSSR count). The zero-order valence-electron chi connectivity index (χ0n) is 8.36. The third-order valence-corrected chi connectivity index (χ3v) is 2.65. The van der Waals surface area contributed by atoms with Gasteiger partial charge < -0.3 is 10.5 Å². The van der Waals surface area contributed by atoms with Crippen molar-refractivity contribution in [2.45, 2.75) is 19.1 Å². The molecule has 1 aromatic heterocycles. The summed E-state index contributed by atoms with van der Waals surface area (Å²) in [5.74, 6) is -0.989. The quantitative estimate of drug-likeness (QED) is 0.483. The molecule has 1 heterocycles. The van der Waals surface area contributed by atoms with E-state index in [1.54, 1.807) is 0 Å². The zero-order valence-corrected chi connectivity index (χ0v) is 10.5. The summed E-state index contributed by atoms with van der Waals surface area (Å²) < 4.78 is 76.5. The Morgan fingerprint density at radius 3 is 2.17 bits per heavy atom. The van der Waals surface area contributed by atoms with E-state index in [1.807, 2.05) is 0 Å². The minimum Gasteiger partial charge on any atom is -0.405 e. The standard InChI is InChI=1S/C8H5F6IN2O/c9-7(10,11)5-1-4(18-8(12,13)14)3(2-16)6(15)17-5/h1H,2,16H2. The summed E-state index contributed by atoms with van der Waals surface area (Å²) >= 11 is 1.36. The molecule has 0 atom stereocenters. The first kappa shape index (κ1) is 15.3. The highest BCUT2D eigenvalue weighted by Crippen LogP contribution is 2.35. The number of halogens is 7. The second kappa shape index (κ2) is 5.07. The van der Waals surface area contributed by atoms with Gasteiger partial charge in [0.2, 0.25) is 0 Å². The van der Waals surface area contributed by atoms with Gasteiger partial charge in [-0.05, 0) is 22.6 Å². The molecule has 0 bridgehead atoms. The van der Waals surface area contributed by atoms with Gasteiger partial charge in [0.15, 0.2) is 0 Å². The van der Waals surface area contributed by atoms with Crippen LogP contribution in [0.2, 0.25) is 0 Å². The van der Waals surface area contributed by atoms with Crippen LogP contribution in [0.25, 0.3) is 0 Å². The van der Waals surface area contributed by atoms with E-state index in [4.69, 9.17) is 5.73 Å². The van der Waals surface area contributed by atoms with Crippen molar-refractivity contribution in [1.82, 2.24) is 4.98 Å². The number of aromatic nitrogens is 1. The van der Waals surface area contributed by atoms with Crippen molar-refractivity contribution < 1.29 is 31.1 Å². The van der Waals surface area contributed by atoms with Crippen molar-refractivity contribution in [2.24, 2.45) is 5.73 Å². The maximum atomic E-state index is 12.4. The maximum absolute atomic E-state index is 12.4. The lowest BCUT2D eigenvalue weighted by Gasteiger charge is -2.15. The van der Waals surface area contributed by atoms with E-state index in [0.29, 0.717) is 0 Å². The maximum Gasteiger partial charge on any atom is 0.573 e. The molecule has 0 aliphatic rings. The summed E-state index contributed by atoms with van der Waals surface area (Å²) in [7, 11) is 0. The Bertz CT molecular complexity index is 444. The van der Waals surface area contributed by atoms with Crippen molar-refractivity contribution in [1.29, 1.82) is 0 Å². The molecule has 0 aliphatic carbocycles. The Balaban J connectivity index is 3.33. The monoisotopic (exact) mass is 386 g/mol. The predicted molar refractivity (Wildman–Crippen MR) is 56.5 cm³/mol. The molecular formula is C8H5F6IN2O. The Labute approximate surface area is 110 Å². The second-order valence-electron chi connectivity index (χ2n) is 3.02. The van der Waals surface area contributed by atoms with Crippen molar-refractivity contribution in [3.63, 3.8) is 0 Å². The van der Waals surface area contributed by atoms with Gasteiger partial charge in [-0.2, -0.15) is 13.2 Å². The van der Waals surface area contributed by atoms with E-state index >= 15 is 0 Å². The molecule has 0 radical (unpaired) electrons. The van der Waals surface area contributed by atoms with Gasteiger partial charge in [-0.25, -0.2) is 4.98 Å². The fourth-order valence-electron chi connectivity index (χ4n) is 1.06. The first-order chi connectivity index (χ1) is 8.04. The molecule has 0 saturated heterocycles. The van der Waals surface area contributed by atoms with Gasteiger partial charge in [-0.3, -0.25) is 0 Å². The van der Waals surface area contributed by atoms with E-state index in [9.17, 15) is 26.3 Å². The predicted octanol–water partition coefficient (Wildman–Crippen LogP) is 3.06. The number of rotatable bonds is 2. The second-order valence-corrected chi connectivity index (χ2v) is 4.05. The molecule has 0 aromatic carbocycles. The van der Waals surface area contributed by atoms with Gasteiger partial charge in [0.1, 0.15) is 15.1 Å². The van der Waals surface area contributed by atoms with Crippen molar-refractivity contribution in [3.8, 4) is 5.75 Å². The molecule has 0 unspecified atom stereocenters. The first-order valence-corrected chi connectivity index (χ1v) is 5.35. The average Bonchev–Trinajstić information content (AvgIpc) is 2.13. The first-order valence-electron chi connectivity index (χ1n) is 4.27. The van der Waals surface area contributed by atoms with Crippen molar-refractivity contribution in [3.05, 3.63) is 21.0 Å². The summed E-state index contributed by atoms with van der Waals surface area (Å²) in [6, 6.07) is 0.178. The van der Waals surface area contributed by atoms with Gasteiger partial charge >= 0.3 is 12.5 Å². The van der Waals surface area contributed by atoms with Crippen LogP contribution < -0.4 is 10.5 Å². The highest BCUT2D eigenvalue weighted by Gasteiger charge is 2.37. The lowest BCUT2D eigenvalue weighted by molar-refractivity contribution is -0.275. The molecule has 102 valence electrons. The fourth-order valence-corrected chi connectivity index (χ4v) is 1.81. The van der Waals surface area contributed by atoms with Crippen LogP contribution in [0.3, 0.4) is 0 Å². The van der Waals surface area contributed by atoms with Gasteiger partial charge in [-0.15, -0.1) is 13.2 Å². The fraction of sp³-hybridized carbons (Fsp3) is 0.375. The summed E-state index contributed by atoms with van der Waals surface area (Å²) in [5, 5.41) is 0. The molecule has 18 heavy (non-hydrogen) atoms. The number of hydrogen-bond donors (Lipinski definition) is 1. The van der Waals surface area contributed by atoms with Crippen LogP contribution in [-0.2, 0) is 12.7 Å². The molecular weight excluding hydrogens is 381 g/mol. The van der Waals surface area contributed by atoms with Crippen LogP contribution in [0.1, 0.15) is 11.3 Å². The van der Waals surface area contributed by atoms with E-state index in [1.165, 1.54) is 22.6 Å². The Morgan fingerprint density at radius 1 is 1.22 bits per heavy atom. The molecule has 1 aromatic rings. The number of pyridine rings is 1. The Kier molecular flexibility index (Phi) is 4.30. The van der Waals surface area contributed by atoms with E-state index in [0.717, 1.165) is 0 Å². The van der Waals surface area contributed by atoms with Gasteiger partial charge in [0.25, 0.3) is 0 Å². The molecule has 10 heteroatoms. The molecule has 0 aliphatic heterocycles. The van der Waals surface area contributed by atoms with E-state index in [2.05, 4.69) is 9.72 Å². The van der Waals surface area contributed by atoms with Crippen LogP contribution in [0.5, 0.6) is 5.75 Å². The van der Waals surface area contributed by atoms with Crippen LogP contribution >= 0.6 is 22.6 Å². The molecule has 3 nitrogen and oxygen atoms in total. The summed E-state index contributed by atoms with van der Waals surface area (Å²) in [5.41, 5.74) is 3.45. The molecule has 0 amide bonds. The number of alkyl halides is 6. The van der Waals surface area contributed by atoms with Crippen LogP contribution in [0, 0.1) is 3.70 Å². The molecule has 0 fully saturated rings. The Morgan fingerprint density at radius 2 is 1.78 bits per heavy atom. The van der Waals surface area contributed by atoms with Crippen molar-refractivity contribution >= 4 is 22.6 Å². The van der Waals surface area contributed by atoms with Crippen LogP contribution in [-0.4, -0.2) is 11.3 Å². The normalized spacial score (nSPS) is 12.7. The zero-order chi connectivity index (χ0) is 14.1. The van der Waals surface area contributed by atoms with Gasteiger partial charge in [0.05, 0.1) is 0 Å². The third-order valence-electron chi connectivity index (χ3n) is 1.75. The lowest BCUT2D eigenvalue weighted by Crippen LogP contribution is -2.21. The minimum atomic E-state index is -5.10. The molecule has 2 N–H and O–H groups in total. The number of hydrogen-bond acceptors (Lipinski definition) is 3. The van der Waals surface area contributed by atoms with Crippen LogP contribution in [0.4, 0.5) is 26.3 Å².